The van der Waals surface area contributed by atoms with Gasteiger partial charge in [-0.15, -0.1) is 11.3 Å². The number of nitrogens with one attached hydrogen (secondary N) is 1. The molecule has 8 heteroatoms. The number of rotatable bonds is 7. The van der Waals surface area contributed by atoms with Crippen molar-refractivity contribution in [2.45, 2.75) is 0 Å². The van der Waals surface area contributed by atoms with Gasteiger partial charge in [0.2, 0.25) is 5.91 Å². The average Bonchev–Trinajstić information content (AvgIpc) is 3.15. The number of thiazole rings is 1. The predicted octanol–water partition coefficient (Wildman–Crippen LogP) is 3.18. The fourth-order valence-electron chi connectivity index (χ4n) is 2.43. The van der Waals surface area contributed by atoms with E-state index < -0.39 is 0 Å². The van der Waals surface area contributed by atoms with Gasteiger partial charge in [0.1, 0.15) is 5.69 Å². The summed E-state index contributed by atoms with van der Waals surface area (Å²) in [6, 6.07) is 12.9. The van der Waals surface area contributed by atoms with Gasteiger partial charge in [0, 0.05) is 18.6 Å². The first kappa shape index (κ1) is 18.4. The predicted molar refractivity (Wildman–Crippen MR) is 108 cm³/mol. The summed E-state index contributed by atoms with van der Waals surface area (Å²) >= 11 is 1.35. The smallest absolute Gasteiger partial charge is 0.245 e. The molecule has 7 nitrogen and oxygen atoms in total. The molecule has 27 heavy (non-hydrogen) atoms. The molecule has 3 aromatic rings. The fourth-order valence-corrected chi connectivity index (χ4v) is 3.15. The van der Waals surface area contributed by atoms with Crippen LogP contribution in [0.25, 0.3) is 11.4 Å². The standard InChI is InChI=1S/C19H17N5O2S/c1-24(17-8-3-2-7-15(17)21-10-11-25)12-18(26)23-19-22-16(13-27-19)14-6-4-5-9-20-14/h2-11,13H,12H2,1H3,(H,22,23,26). The highest BCUT2D eigenvalue weighted by atomic mass is 32.1. The van der Waals surface area contributed by atoms with Crippen molar-refractivity contribution in [2.75, 3.05) is 23.8 Å². The van der Waals surface area contributed by atoms with E-state index in [2.05, 4.69) is 20.3 Å². The van der Waals surface area contributed by atoms with E-state index in [0.29, 0.717) is 17.1 Å². The van der Waals surface area contributed by atoms with E-state index in [4.69, 9.17) is 0 Å². The molecule has 0 bridgehead atoms. The Hall–Kier alpha value is -3.39. The van der Waals surface area contributed by atoms with Crippen LogP contribution in [0.1, 0.15) is 0 Å². The van der Waals surface area contributed by atoms with Crippen molar-refractivity contribution in [1.29, 1.82) is 0 Å². The van der Waals surface area contributed by atoms with Gasteiger partial charge in [0.15, 0.2) is 11.4 Å². The van der Waals surface area contributed by atoms with Crippen LogP contribution in [-0.4, -0.2) is 42.0 Å². The lowest BCUT2D eigenvalue weighted by molar-refractivity contribution is -0.115. The third-order valence-corrected chi connectivity index (χ3v) is 4.38. The molecule has 0 radical (unpaired) electrons. The van der Waals surface area contributed by atoms with Crippen molar-refractivity contribution in [1.82, 2.24) is 9.97 Å². The minimum Gasteiger partial charge on any atom is -0.364 e. The van der Waals surface area contributed by atoms with Crippen molar-refractivity contribution in [3.05, 3.63) is 54.0 Å². The summed E-state index contributed by atoms with van der Waals surface area (Å²) in [7, 11) is 1.79. The summed E-state index contributed by atoms with van der Waals surface area (Å²) in [4.78, 5) is 37.4. The molecule has 0 saturated carbocycles. The van der Waals surface area contributed by atoms with Crippen LogP contribution in [0.2, 0.25) is 0 Å². The van der Waals surface area contributed by atoms with Gasteiger partial charge in [-0.1, -0.05) is 18.2 Å². The lowest BCUT2D eigenvalue weighted by Crippen LogP contribution is -2.30. The van der Waals surface area contributed by atoms with E-state index in [0.717, 1.165) is 17.1 Å². The summed E-state index contributed by atoms with van der Waals surface area (Å²) in [5, 5.41) is 5.17. The molecule has 0 aliphatic rings. The lowest BCUT2D eigenvalue weighted by Gasteiger charge is -2.20. The maximum absolute atomic E-state index is 12.4. The second-order valence-corrected chi connectivity index (χ2v) is 6.42. The Morgan fingerprint density at radius 2 is 2.04 bits per heavy atom. The largest absolute Gasteiger partial charge is 0.364 e. The number of pyridine rings is 1. The molecule has 0 spiro atoms. The van der Waals surface area contributed by atoms with Crippen LogP contribution in [-0.2, 0) is 9.59 Å². The van der Waals surface area contributed by atoms with Crippen LogP contribution in [0.3, 0.4) is 0 Å². The van der Waals surface area contributed by atoms with Crippen LogP contribution >= 0.6 is 11.3 Å². The minimum atomic E-state index is -0.200. The van der Waals surface area contributed by atoms with Crippen LogP contribution in [0, 0.1) is 0 Å². The highest BCUT2D eigenvalue weighted by Crippen LogP contribution is 2.27. The monoisotopic (exact) mass is 379 g/mol. The molecule has 0 aliphatic heterocycles. The van der Waals surface area contributed by atoms with Gasteiger partial charge in [-0.3, -0.25) is 19.6 Å². The molecule has 136 valence electrons. The van der Waals surface area contributed by atoms with Crippen LogP contribution in [0.15, 0.2) is 59.0 Å². The molecule has 2 heterocycles. The number of aldehydes is 1. The van der Waals surface area contributed by atoms with E-state index in [1.54, 1.807) is 24.2 Å². The van der Waals surface area contributed by atoms with E-state index in [1.165, 1.54) is 17.6 Å². The highest BCUT2D eigenvalue weighted by molar-refractivity contribution is 7.14. The van der Waals surface area contributed by atoms with E-state index in [9.17, 15) is 9.59 Å². The molecule has 0 atom stereocenters. The molecular weight excluding hydrogens is 362 g/mol. The van der Waals surface area contributed by atoms with Crippen LogP contribution in [0.4, 0.5) is 16.5 Å². The van der Waals surface area contributed by atoms with Gasteiger partial charge in [-0.2, -0.15) is 0 Å². The summed E-state index contributed by atoms with van der Waals surface area (Å²) in [6.45, 7) is 0.117. The normalized spacial score (nSPS) is 10.7. The molecule has 0 fully saturated rings. The highest BCUT2D eigenvalue weighted by Gasteiger charge is 2.13. The van der Waals surface area contributed by atoms with Gasteiger partial charge >= 0.3 is 0 Å². The van der Waals surface area contributed by atoms with Crippen molar-refractivity contribution >= 4 is 46.3 Å². The van der Waals surface area contributed by atoms with Gasteiger partial charge in [-0.05, 0) is 24.3 Å². The van der Waals surface area contributed by atoms with E-state index in [1.807, 2.05) is 41.8 Å². The molecule has 1 N–H and O–H groups in total. The second kappa shape index (κ2) is 8.81. The van der Waals surface area contributed by atoms with E-state index in [-0.39, 0.29) is 12.5 Å². The maximum atomic E-state index is 12.4. The molecule has 1 amide bonds. The molecular formula is C19H17N5O2S. The molecule has 0 saturated heterocycles. The summed E-state index contributed by atoms with van der Waals surface area (Å²) in [5.41, 5.74) is 2.84. The third-order valence-electron chi connectivity index (χ3n) is 3.63. The summed E-state index contributed by atoms with van der Waals surface area (Å²) in [6.07, 6.45) is 3.50. The zero-order valence-corrected chi connectivity index (χ0v) is 15.4. The number of carbonyl (C=O) groups excluding carboxylic acids is 2. The summed E-state index contributed by atoms with van der Waals surface area (Å²) in [5.74, 6) is -0.200. The number of para-hydroxylation sites is 2. The SMILES string of the molecule is CN(CC(=O)Nc1nc(-c2ccccn2)cs1)c1ccccc1N=CC=O. The number of carbonyl (C=O) groups is 2. The third kappa shape index (κ3) is 4.83. The number of anilines is 2. The van der Waals surface area contributed by atoms with Crippen molar-refractivity contribution in [2.24, 2.45) is 4.99 Å². The molecule has 2 aromatic heterocycles. The van der Waals surface area contributed by atoms with Crippen molar-refractivity contribution in [3.8, 4) is 11.4 Å². The molecule has 3 rings (SSSR count). The Bertz CT molecular complexity index is 955. The Kier molecular flexibility index (Phi) is 6.01. The maximum Gasteiger partial charge on any atom is 0.245 e. The molecule has 0 unspecified atom stereocenters. The fraction of sp³-hybridized carbons (Fsp3) is 0.105. The first-order valence-corrected chi connectivity index (χ1v) is 9.00. The zero-order valence-electron chi connectivity index (χ0n) is 14.6. The van der Waals surface area contributed by atoms with Crippen molar-refractivity contribution in [3.63, 3.8) is 0 Å². The number of likely N-dealkylation sites (N-methyl/N-ethyl adjacent to an activating group) is 1. The van der Waals surface area contributed by atoms with Crippen LogP contribution in [0.5, 0.6) is 0 Å². The van der Waals surface area contributed by atoms with Gasteiger partial charge < -0.3 is 10.2 Å². The molecule has 1 aromatic carbocycles. The topological polar surface area (TPSA) is 87.6 Å². The number of benzene rings is 1. The number of aromatic nitrogens is 2. The number of amides is 1. The first-order valence-electron chi connectivity index (χ1n) is 8.12. The zero-order chi connectivity index (χ0) is 19.1. The average molecular weight is 379 g/mol. The Labute approximate surface area is 160 Å². The number of nitrogens with zero attached hydrogens (tertiary/aromatic N) is 4. The first-order chi connectivity index (χ1) is 13.2. The quantitative estimate of drug-likeness (QED) is 0.503. The Balaban J connectivity index is 1.65. The van der Waals surface area contributed by atoms with Gasteiger partial charge in [0.25, 0.3) is 0 Å². The Morgan fingerprint density at radius 3 is 2.81 bits per heavy atom. The van der Waals surface area contributed by atoms with Crippen LogP contribution < -0.4 is 10.2 Å². The van der Waals surface area contributed by atoms with Gasteiger partial charge in [0.05, 0.1) is 29.8 Å². The van der Waals surface area contributed by atoms with Crippen molar-refractivity contribution < 1.29 is 9.59 Å². The van der Waals surface area contributed by atoms with E-state index >= 15 is 0 Å². The Morgan fingerprint density at radius 1 is 1.22 bits per heavy atom. The molecule has 0 aliphatic carbocycles. The second-order valence-electron chi connectivity index (χ2n) is 5.56. The lowest BCUT2D eigenvalue weighted by atomic mass is 10.2. The van der Waals surface area contributed by atoms with Gasteiger partial charge in [-0.25, -0.2) is 4.98 Å². The number of hydrogen-bond donors (Lipinski definition) is 1. The number of aliphatic imine (C=N–C) groups is 1. The summed E-state index contributed by atoms with van der Waals surface area (Å²) < 4.78 is 0. The minimum absolute atomic E-state index is 0.117. The number of hydrogen-bond acceptors (Lipinski definition) is 7.